The minimum Gasteiger partial charge on any atom is -0.356 e. The maximum Gasteiger partial charge on any atom is 0.229 e. The lowest BCUT2D eigenvalue weighted by atomic mass is 10.2. The summed E-state index contributed by atoms with van der Waals surface area (Å²) in [5, 5.41) is 4.26. The van der Waals surface area contributed by atoms with Gasteiger partial charge in [-0.05, 0) is 38.0 Å². The van der Waals surface area contributed by atoms with Crippen LogP contribution in [-0.2, 0) is 0 Å². The molecule has 1 aromatic heterocycles. The summed E-state index contributed by atoms with van der Waals surface area (Å²) in [5.41, 5.74) is 1.77. The van der Waals surface area contributed by atoms with E-state index in [1.54, 1.807) is 12.1 Å². The molecule has 0 unspecified atom stereocenters. The van der Waals surface area contributed by atoms with Crippen molar-refractivity contribution < 1.29 is 0 Å². The van der Waals surface area contributed by atoms with E-state index in [0.29, 0.717) is 16.0 Å². The summed E-state index contributed by atoms with van der Waals surface area (Å²) in [6, 6.07) is 7.45. The van der Waals surface area contributed by atoms with Crippen molar-refractivity contribution in [2.75, 3.05) is 23.3 Å². The van der Waals surface area contributed by atoms with Gasteiger partial charge in [-0.15, -0.1) is 0 Å². The van der Waals surface area contributed by atoms with E-state index in [9.17, 15) is 0 Å². The van der Waals surface area contributed by atoms with Gasteiger partial charge in [0, 0.05) is 30.5 Å². The second-order valence-electron chi connectivity index (χ2n) is 5.85. The van der Waals surface area contributed by atoms with Gasteiger partial charge >= 0.3 is 0 Å². The molecule has 0 radical (unpaired) electrons. The lowest BCUT2D eigenvalue weighted by molar-refractivity contribution is 0.726. The molecule has 1 aromatic carbocycles. The summed E-state index contributed by atoms with van der Waals surface area (Å²) in [5.74, 6) is 1.57. The van der Waals surface area contributed by atoms with Crippen LogP contribution in [0.5, 0.6) is 0 Å². The predicted octanol–water partition coefficient (Wildman–Crippen LogP) is 5.22. The maximum atomic E-state index is 6.06. The Morgan fingerprint density at radius 1 is 0.957 bits per heavy atom. The molecule has 23 heavy (non-hydrogen) atoms. The second-order valence-corrected chi connectivity index (χ2v) is 6.66. The highest BCUT2D eigenvalue weighted by molar-refractivity contribution is 6.42. The largest absolute Gasteiger partial charge is 0.356 e. The number of nitrogens with one attached hydrogen (secondary N) is 1. The number of rotatable bonds is 3. The standard InChI is InChI=1S/C17H20Cl2N4/c1-12-10-16(23-8-4-2-3-5-9-23)22-17(20-12)21-13-6-7-14(18)15(19)11-13/h6-7,10-11H,2-5,8-9H2,1H3,(H,20,21,22). The zero-order valence-corrected chi connectivity index (χ0v) is 14.7. The van der Waals surface area contributed by atoms with Gasteiger partial charge in [0.05, 0.1) is 10.0 Å². The Bertz CT molecular complexity index is 682. The molecule has 0 atom stereocenters. The van der Waals surface area contributed by atoms with Crippen LogP contribution in [0.2, 0.25) is 10.0 Å². The molecular weight excluding hydrogens is 331 g/mol. The van der Waals surface area contributed by atoms with Gasteiger partial charge in [-0.2, -0.15) is 4.98 Å². The minimum absolute atomic E-state index is 0.511. The monoisotopic (exact) mass is 350 g/mol. The van der Waals surface area contributed by atoms with Crippen LogP contribution in [0.4, 0.5) is 17.5 Å². The molecular formula is C17H20Cl2N4. The van der Waals surface area contributed by atoms with Crippen LogP contribution in [0.1, 0.15) is 31.4 Å². The van der Waals surface area contributed by atoms with E-state index in [-0.39, 0.29) is 0 Å². The van der Waals surface area contributed by atoms with Crippen molar-refractivity contribution in [3.05, 3.63) is 40.0 Å². The van der Waals surface area contributed by atoms with Gasteiger partial charge in [0.15, 0.2) is 0 Å². The van der Waals surface area contributed by atoms with Crippen molar-refractivity contribution in [2.45, 2.75) is 32.6 Å². The summed E-state index contributed by atoms with van der Waals surface area (Å²) >= 11 is 12.0. The lowest BCUT2D eigenvalue weighted by Gasteiger charge is -2.22. The average Bonchev–Trinajstić information content (AvgIpc) is 2.80. The first kappa shape index (κ1) is 16.3. The maximum absolute atomic E-state index is 6.06. The first-order valence-corrected chi connectivity index (χ1v) is 8.70. The molecule has 0 spiro atoms. The van der Waals surface area contributed by atoms with Crippen molar-refractivity contribution in [3.63, 3.8) is 0 Å². The summed E-state index contributed by atoms with van der Waals surface area (Å²) in [6.07, 6.45) is 5.04. The molecule has 1 N–H and O–H groups in total. The number of anilines is 3. The molecule has 0 aliphatic carbocycles. The Kier molecular flexibility index (Phi) is 5.23. The molecule has 2 aromatic rings. The highest BCUT2D eigenvalue weighted by Crippen LogP contribution is 2.27. The van der Waals surface area contributed by atoms with Crippen LogP contribution in [0.15, 0.2) is 24.3 Å². The molecule has 1 aliphatic heterocycles. The topological polar surface area (TPSA) is 41.1 Å². The van der Waals surface area contributed by atoms with E-state index in [1.807, 2.05) is 19.1 Å². The fourth-order valence-electron chi connectivity index (χ4n) is 2.77. The van der Waals surface area contributed by atoms with Gasteiger partial charge < -0.3 is 10.2 Å². The van der Waals surface area contributed by atoms with Crippen LogP contribution in [-0.4, -0.2) is 23.1 Å². The molecule has 0 bridgehead atoms. The Labute approximate surface area is 146 Å². The highest BCUT2D eigenvalue weighted by atomic mass is 35.5. The molecule has 4 nitrogen and oxygen atoms in total. The fourth-order valence-corrected chi connectivity index (χ4v) is 3.07. The van der Waals surface area contributed by atoms with Crippen molar-refractivity contribution in [3.8, 4) is 0 Å². The fraction of sp³-hybridized carbons (Fsp3) is 0.412. The molecule has 3 rings (SSSR count). The normalized spacial score (nSPS) is 15.3. The summed E-state index contributed by atoms with van der Waals surface area (Å²) < 4.78 is 0. The third kappa shape index (κ3) is 4.27. The van der Waals surface area contributed by atoms with Crippen LogP contribution in [0.3, 0.4) is 0 Å². The Hall–Kier alpha value is -1.52. The van der Waals surface area contributed by atoms with Crippen LogP contribution in [0.25, 0.3) is 0 Å². The molecule has 1 saturated heterocycles. The predicted molar refractivity (Wildman–Crippen MR) is 97.2 cm³/mol. The van der Waals surface area contributed by atoms with Gasteiger partial charge in [-0.1, -0.05) is 36.0 Å². The lowest BCUT2D eigenvalue weighted by Crippen LogP contribution is -2.25. The smallest absolute Gasteiger partial charge is 0.229 e. The summed E-state index contributed by atoms with van der Waals surface area (Å²) in [4.78, 5) is 11.5. The Morgan fingerprint density at radius 3 is 2.39 bits per heavy atom. The van der Waals surface area contributed by atoms with E-state index >= 15 is 0 Å². The second kappa shape index (κ2) is 7.37. The molecule has 1 aliphatic rings. The van der Waals surface area contributed by atoms with Gasteiger partial charge in [-0.25, -0.2) is 4.98 Å². The van der Waals surface area contributed by atoms with Crippen molar-refractivity contribution in [2.24, 2.45) is 0 Å². The van der Waals surface area contributed by atoms with E-state index in [0.717, 1.165) is 30.3 Å². The Morgan fingerprint density at radius 2 is 1.70 bits per heavy atom. The van der Waals surface area contributed by atoms with Crippen molar-refractivity contribution in [1.29, 1.82) is 0 Å². The highest BCUT2D eigenvalue weighted by Gasteiger charge is 2.13. The zero-order valence-electron chi connectivity index (χ0n) is 13.1. The van der Waals surface area contributed by atoms with E-state index in [2.05, 4.69) is 20.2 Å². The number of aryl methyl sites for hydroxylation is 1. The van der Waals surface area contributed by atoms with Crippen LogP contribution in [0, 0.1) is 6.92 Å². The van der Waals surface area contributed by atoms with Gasteiger partial charge in [0.25, 0.3) is 0 Å². The molecule has 1 fully saturated rings. The van der Waals surface area contributed by atoms with Gasteiger partial charge in [-0.3, -0.25) is 0 Å². The zero-order chi connectivity index (χ0) is 16.2. The van der Waals surface area contributed by atoms with E-state index < -0.39 is 0 Å². The Balaban J connectivity index is 1.83. The molecule has 122 valence electrons. The van der Waals surface area contributed by atoms with E-state index in [4.69, 9.17) is 23.2 Å². The van der Waals surface area contributed by atoms with Crippen LogP contribution < -0.4 is 10.2 Å². The number of aromatic nitrogens is 2. The number of halogens is 2. The molecule has 0 saturated carbocycles. The average molecular weight is 351 g/mol. The van der Waals surface area contributed by atoms with Crippen molar-refractivity contribution in [1.82, 2.24) is 9.97 Å². The third-order valence-corrected chi connectivity index (χ3v) is 4.69. The number of benzene rings is 1. The quantitative estimate of drug-likeness (QED) is 0.824. The molecule has 0 amide bonds. The first-order valence-electron chi connectivity index (χ1n) is 7.94. The van der Waals surface area contributed by atoms with Gasteiger partial charge in [0.2, 0.25) is 5.95 Å². The summed E-state index contributed by atoms with van der Waals surface area (Å²) in [7, 11) is 0. The van der Waals surface area contributed by atoms with Crippen molar-refractivity contribution >= 4 is 40.7 Å². The summed E-state index contributed by atoms with van der Waals surface area (Å²) in [6.45, 7) is 4.11. The van der Waals surface area contributed by atoms with E-state index in [1.165, 1.54) is 25.7 Å². The molecule has 2 heterocycles. The minimum atomic E-state index is 0.511. The third-order valence-electron chi connectivity index (χ3n) is 3.95. The van der Waals surface area contributed by atoms with Gasteiger partial charge in [0.1, 0.15) is 5.82 Å². The molecule has 6 heteroatoms. The number of nitrogens with zero attached hydrogens (tertiary/aromatic N) is 3. The SMILES string of the molecule is Cc1cc(N2CCCCCC2)nc(Nc2ccc(Cl)c(Cl)c2)n1. The number of hydrogen-bond acceptors (Lipinski definition) is 4. The van der Waals surface area contributed by atoms with Crippen LogP contribution >= 0.6 is 23.2 Å². The number of hydrogen-bond donors (Lipinski definition) is 1. The first-order chi connectivity index (χ1) is 11.1.